The predicted octanol–water partition coefficient (Wildman–Crippen LogP) is 0.0140. The molecule has 2 N–H and O–H groups in total. The molecule has 5 heteroatoms. The van der Waals surface area contributed by atoms with Gasteiger partial charge in [0.25, 0.3) is 0 Å². The molecule has 5 nitrogen and oxygen atoms in total. The smallest absolute Gasteiger partial charge is 0.163 e. The first-order valence-electron chi connectivity index (χ1n) is 4.16. The van der Waals surface area contributed by atoms with Crippen LogP contribution in [0.25, 0.3) is 5.65 Å². The van der Waals surface area contributed by atoms with Crippen LogP contribution < -0.4 is 5.73 Å². The van der Waals surface area contributed by atoms with Gasteiger partial charge in [-0.1, -0.05) is 0 Å². The van der Waals surface area contributed by atoms with Crippen molar-refractivity contribution in [3.05, 3.63) is 24.4 Å². The second-order valence-electron chi connectivity index (χ2n) is 3.11. The van der Waals surface area contributed by atoms with E-state index in [2.05, 4.69) is 15.2 Å². The van der Waals surface area contributed by atoms with Crippen molar-refractivity contribution in [2.24, 2.45) is 5.73 Å². The molecule has 0 aliphatic carbocycles. The second kappa shape index (κ2) is 3.10. The molecule has 2 heterocycles. The summed E-state index contributed by atoms with van der Waals surface area (Å²) in [5.41, 5.74) is 6.48. The lowest BCUT2D eigenvalue weighted by Crippen LogP contribution is -2.19. The summed E-state index contributed by atoms with van der Waals surface area (Å²) in [5.74, 6) is 0.859. The Bertz CT molecular complexity index is 406. The van der Waals surface area contributed by atoms with Gasteiger partial charge in [-0.05, 0) is 6.92 Å². The summed E-state index contributed by atoms with van der Waals surface area (Å²) in [4.78, 5) is 4.00. The Labute approximate surface area is 75.6 Å². The molecule has 0 aliphatic heterocycles. The monoisotopic (exact) mass is 177 g/mol. The Morgan fingerprint density at radius 3 is 3.15 bits per heavy atom. The third kappa shape index (κ3) is 1.50. The van der Waals surface area contributed by atoms with Crippen molar-refractivity contribution in [1.29, 1.82) is 0 Å². The van der Waals surface area contributed by atoms with Crippen LogP contribution in [0.15, 0.2) is 18.6 Å². The van der Waals surface area contributed by atoms with Gasteiger partial charge in [-0.15, -0.1) is 10.2 Å². The minimum absolute atomic E-state index is 0.0904. The van der Waals surface area contributed by atoms with Gasteiger partial charge in [0.15, 0.2) is 5.65 Å². The molecule has 2 rings (SSSR count). The molecule has 2 aromatic heterocycles. The highest BCUT2D eigenvalue weighted by molar-refractivity contribution is 5.35. The van der Waals surface area contributed by atoms with Gasteiger partial charge in [0.05, 0.1) is 0 Å². The largest absolute Gasteiger partial charge is 0.328 e. The standard InChI is InChI=1S/C8H11N5/c1-6(9)4-8-12-11-7-2-3-10-5-13(7)8/h2-3,5-6H,4,9H2,1H3. The van der Waals surface area contributed by atoms with Crippen molar-refractivity contribution in [2.45, 2.75) is 19.4 Å². The van der Waals surface area contributed by atoms with Crippen LogP contribution in [-0.4, -0.2) is 25.6 Å². The molecule has 0 radical (unpaired) electrons. The molecular formula is C8H11N5. The Hall–Kier alpha value is -1.49. The Morgan fingerprint density at radius 1 is 1.54 bits per heavy atom. The van der Waals surface area contributed by atoms with Crippen molar-refractivity contribution >= 4 is 5.65 Å². The van der Waals surface area contributed by atoms with Crippen LogP contribution in [0.5, 0.6) is 0 Å². The molecule has 0 saturated carbocycles. The number of fused-ring (bicyclic) bond motifs is 1. The van der Waals surface area contributed by atoms with Crippen molar-refractivity contribution < 1.29 is 0 Å². The van der Waals surface area contributed by atoms with Gasteiger partial charge in [-0.25, -0.2) is 4.98 Å². The van der Waals surface area contributed by atoms with E-state index in [0.717, 1.165) is 11.5 Å². The summed E-state index contributed by atoms with van der Waals surface area (Å²) < 4.78 is 1.85. The van der Waals surface area contributed by atoms with E-state index in [9.17, 15) is 0 Å². The average molecular weight is 177 g/mol. The highest BCUT2D eigenvalue weighted by Gasteiger charge is 2.06. The lowest BCUT2D eigenvalue weighted by atomic mass is 10.2. The summed E-state index contributed by atoms with van der Waals surface area (Å²) in [6.45, 7) is 1.94. The number of nitrogens with two attached hydrogens (primary N) is 1. The maximum Gasteiger partial charge on any atom is 0.163 e. The van der Waals surface area contributed by atoms with Crippen molar-refractivity contribution in [1.82, 2.24) is 19.6 Å². The lowest BCUT2D eigenvalue weighted by Gasteiger charge is -2.01. The number of hydrogen-bond acceptors (Lipinski definition) is 4. The summed E-state index contributed by atoms with van der Waals surface area (Å²) in [6, 6.07) is 1.91. The highest BCUT2D eigenvalue weighted by atomic mass is 15.3. The molecule has 2 aromatic rings. The molecule has 0 fully saturated rings. The first-order valence-corrected chi connectivity index (χ1v) is 4.16. The Balaban J connectivity index is 2.46. The lowest BCUT2D eigenvalue weighted by molar-refractivity contribution is 0.693. The predicted molar refractivity (Wildman–Crippen MR) is 48.1 cm³/mol. The number of nitrogens with zero attached hydrogens (tertiary/aromatic N) is 4. The van der Waals surface area contributed by atoms with E-state index in [0.29, 0.717) is 6.42 Å². The van der Waals surface area contributed by atoms with E-state index in [-0.39, 0.29) is 6.04 Å². The molecule has 68 valence electrons. The van der Waals surface area contributed by atoms with Crippen LogP contribution in [0, 0.1) is 0 Å². The van der Waals surface area contributed by atoms with Gasteiger partial charge in [-0.3, -0.25) is 4.40 Å². The molecule has 1 unspecified atom stereocenters. The minimum Gasteiger partial charge on any atom is -0.328 e. The third-order valence-electron chi connectivity index (χ3n) is 1.79. The first-order chi connectivity index (χ1) is 6.27. The van der Waals surface area contributed by atoms with Crippen molar-refractivity contribution in [3.8, 4) is 0 Å². The van der Waals surface area contributed by atoms with Gasteiger partial charge >= 0.3 is 0 Å². The number of aromatic nitrogens is 4. The molecule has 0 aliphatic rings. The molecular weight excluding hydrogens is 166 g/mol. The highest BCUT2D eigenvalue weighted by Crippen LogP contribution is 2.02. The fourth-order valence-electron chi connectivity index (χ4n) is 1.22. The van der Waals surface area contributed by atoms with Crippen LogP contribution in [0.2, 0.25) is 0 Å². The Morgan fingerprint density at radius 2 is 2.38 bits per heavy atom. The molecule has 0 spiro atoms. The number of hydrogen-bond donors (Lipinski definition) is 1. The maximum absolute atomic E-state index is 5.67. The fraction of sp³-hybridized carbons (Fsp3) is 0.375. The topological polar surface area (TPSA) is 69.1 Å². The van der Waals surface area contributed by atoms with E-state index >= 15 is 0 Å². The second-order valence-corrected chi connectivity index (χ2v) is 3.11. The zero-order chi connectivity index (χ0) is 9.26. The third-order valence-corrected chi connectivity index (χ3v) is 1.79. The molecule has 0 bridgehead atoms. The molecule has 0 amide bonds. The van der Waals surface area contributed by atoms with Gasteiger partial charge < -0.3 is 5.73 Å². The fourth-order valence-corrected chi connectivity index (χ4v) is 1.22. The normalized spacial score (nSPS) is 13.4. The van der Waals surface area contributed by atoms with Gasteiger partial charge in [0.2, 0.25) is 0 Å². The maximum atomic E-state index is 5.67. The van der Waals surface area contributed by atoms with Gasteiger partial charge in [0.1, 0.15) is 12.2 Å². The zero-order valence-corrected chi connectivity index (χ0v) is 7.38. The first kappa shape index (κ1) is 8.12. The zero-order valence-electron chi connectivity index (χ0n) is 7.38. The number of rotatable bonds is 2. The molecule has 13 heavy (non-hydrogen) atoms. The summed E-state index contributed by atoms with van der Waals surface area (Å²) in [6.07, 6.45) is 4.11. The van der Waals surface area contributed by atoms with Crippen LogP contribution >= 0.6 is 0 Å². The average Bonchev–Trinajstić information content (AvgIpc) is 2.48. The molecule has 0 aromatic carbocycles. The summed E-state index contributed by atoms with van der Waals surface area (Å²) in [7, 11) is 0. The van der Waals surface area contributed by atoms with Gasteiger partial charge in [0, 0.05) is 24.7 Å². The van der Waals surface area contributed by atoms with Crippen LogP contribution in [0.3, 0.4) is 0 Å². The summed E-state index contributed by atoms with van der Waals surface area (Å²) in [5, 5.41) is 8.02. The van der Waals surface area contributed by atoms with E-state index in [1.54, 1.807) is 12.5 Å². The van der Waals surface area contributed by atoms with Gasteiger partial charge in [-0.2, -0.15) is 0 Å². The van der Waals surface area contributed by atoms with Crippen molar-refractivity contribution in [3.63, 3.8) is 0 Å². The molecule has 0 saturated heterocycles. The quantitative estimate of drug-likeness (QED) is 0.701. The van der Waals surface area contributed by atoms with Crippen molar-refractivity contribution in [2.75, 3.05) is 0 Å². The van der Waals surface area contributed by atoms with E-state index in [1.807, 2.05) is 17.4 Å². The van der Waals surface area contributed by atoms with E-state index in [1.165, 1.54) is 0 Å². The minimum atomic E-state index is 0.0904. The van der Waals surface area contributed by atoms with Crippen LogP contribution in [0.1, 0.15) is 12.7 Å². The van der Waals surface area contributed by atoms with Crippen LogP contribution in [0.4, 0.5) is 0 Å². The Kier molecular flexibility index (Phi) is 1.94. The van der Waals surface area contributed by atoms with E-state index < -0.39 is 0 Å². The van der Waals surface area contributed by atoms with Crippen LogP contribution in [-0.2, 0) is 6.42 Å². The summed E-state index contributed by atoms with van der Waals surface area (Å²) >= 11 is 0. The molecule has 1 atom stereocenters. The SMILES string of the molecule is CC(N)Cc1nnc2ccncn12. The van der Waals surface area contributed by atoms with E-state index in [4.69, 9.17) is 5.73 Å².